The molecule has 0 atom stereocenters. The van der Waals surface area contributed by atoms with Crippen LogP contribution in [0.3, 0.4) is 0 Å². The molecule has 3 aromatic rings. The first kappa shape index (κ1) is 24.4. The average molecular weight is 472 g/mol. The highest BCUT2D eigenvalue weighted by molar-refractivity contribution is 7.18. The predicted octanol–water partition coefficient (Wildman–Crippen LogP) is 4.57. The number of hydrogen-bond acceptors (Lipinski definition) is 7. The van der Waals surface area contributed by atoms with E-state index in [0.717, 1.165) is 28.4 Å². The second-order valence-corrected chi connectivity index (χ2v) is 9.11. The van der Waals surface area contributed by atoms with Gasteiger partial charge in [0.15, 0.2) is 0 Å². The quantitative estimate of drug-likeness (QED) is 0.459. The lowest BCUT2D eigenvalue weighted by molar-refractivity contribution is -0.116. The molecule has 0 saturated carbocycles. The minimum absolute atomic E-state index is 0.181. The van der Waals surface area contributed by atoms with Crippen LogP contribution in [0.2, 0.25) is 0 Å². The number of nitrogens with zero attached hydrogens (tertiary/aromatic N) is 2. The Balaban J connectivity index is 1.79. The lowest BCUT2D eigenvalue weighted by atomic mass is 10.1. The number of thiophene rings is 1. The van der Waals surface area contributed by atoms with Crippen molar-refractivity contribution in [2.24, 2.45) is 5.92 Å². The molecule has 0 fully saturated rings. The second-order valence-electron chi connectivity index (χ2n) is 8.09. The van der Waals surface area contributed by atoms with Crippen molar-refractivity contribution in [3.05, 3.63) is 51.8 Å². The topological polar surface area (TPSA) is 99.0 Å². The fraction of sp³-hybridized carbons (Fsp3) is 0.417. The summed E-state index contributed by atoms with van der Waals surface area (Å²) in [5, 5.41) is 3.10. The number of carbonyl (C=O) groups excluding carboxylic acids is 3. The van der Waals surface area contributed by atoms with Crippen LogP contribution in [-0.4, -0.2) is 40.4 Å². The van der Waals surface area contributed by atoms with Crippen LogP contribution >= 0.6 is 11.3 Å². The SMILES string of the molecule is CCOC(=O)c1c(NC(=O)CCc2c(C)nc3ccccn23)sc(C(=O)OCC(C)C)c1C. The summed E-state index contributed by atoms with van der Waals surface area (Å²) >= 11 is 1.03. The van der Waals surface area contributed by atoms with Gasteiger partial charge in [-0.1, -0.05) is 19.9 Å². The van der Waals surface area contributed by atoms with Crippen molar-refractivity contribution in [2.75, 3.05) is 18.5 Å². The van der Waals surface area contributed by atoms with Crippen LogP contribution in [0.1, 0.15) is 64.2 Å². The third-order valence-corrected chi connectivity index (χ3v) is 6.22. The first-order valence-electron chi connectivity index (χ1n) is 10.9. The minimum atomic E-state index is -0.581. The Morgan fingerprint density at radius 3 is 2.61 bits per heavy atom. The number of esters is 2. The summed E-state index contributed by atoms with van der Waals surface area (Å²) in [5.41, 5.74) is 3.28. The van der Waals surface area contributed by atoms with E-state index in [-0.39, 0.29) is 41.9 Å². The van der Waals surface area contributed by atoms with Gasteiger partial charge in [-0.05, 0) is 50.8 Å². The number of rotatable bonds is 9. The predicted molar refractivity (Wildman–Crippen MR) is 127 cm³/mol. The molecule has 176 valence electrons. The molecule has 0 radical (unpaired) electrons. The van der Waals surface area contributed by atoms with Crippen molar-refractivity contribution < 1.29 is 23.9 Å². The van der Waals surface area contributed by atoms with E-state index in [0.29, 0.717) is 17.0 Å². The van der Waals surface area contributed by atoms with Crippen molar-refractivity contribution in [2.45, 2.75) is 47.5 Å². The number of fused-ring (bicyclic) bond motifs is 1. The molecule has 0 aliphatic rings. The molecule has 3 rings (SSSR count). The molecular weight excluding hydrogens is 442 g/mol. The van der Waals surface area contributed by atoms with E-state index in [4.69, 9.17) is 9.47 Å². The maximum absolute atomic E-state index is 12.8. The van der Waals surface area contributed by atoms with Crippen molar-refractivity contribution >= 4 is 39.8 Å². The molecule has 0 aliphatic carbocycles. The Labute approximate surface area is 196 Å². The van der Waals surface area contributed by atoms with Crippen LogP contribution in [0.5, 0.6) is 0 Å². The summed E-state index contributed by atoms with van der Waals surface area (Å²) in [4.78, 5) is 42.7. The van der Waals surface area contributed by atoms with Gasteiger partial charge in [0.1, 0.15) is 15.5 Å². The van der Waals surface area contributed by atoms with E-state index in [1.165, 1.54) is 0 Å². The van der Waals surface area contributed by atoms with Gasteiger partial charge < -0.3 is 19.2 Å². The highest BCUT2D eigenvalue weighted by Gasteiger charge is 2.27. The smallest absolute Gasteiger partial charge is 0.348 e. The third-order valence-electron chi connectivity index (χ3n) is 5.03. The number of ether oxygens (including phenoxy) is 2. The maximum atomic E-state index is 12.8. The molecule has 3 aromatic heterocycles. The van der Waals surface area contributed by atoms with Crippen LogP contribution < -0.4 is 5.32 Å². The normalized spacial score (nSPS) is 11.1. The van der Waals surface area contributed by atoms with Gasteiger partial charge in [0.05, 0.1) is 24.5 Å². The first-order valence-corrected chi connectivity index (χ1v) is 11.7. The first-order chi connectivity index (χ1) is 15.7. The number of hydrogen-bond donors (Lipinski definition) is 1. The molecule has 1 N–H and O–H groups in total. The van der Waals surface area contributed by atoms with Gasteiger partial charge in [-0.15, -0.1) is 11.3 Å². The second kappa shape index (κ2) is 10.6. The molecule has 0 unspecified atom stereocenters. The van der Waals surface area contributed by atoms with Gasteiger partial charge >= 0.3 is 11.9 Å². The van der Waals surface area contributed by atoms with Crippen molar-refractivity contribution in [1.29, 1.82) is 0 Å². The fourth-order valence-electron chi connectivity index (χ4n) is 3.44. The molecule has 8 nitrogen and oxygen atoms in total. The molecule has 0 aromatic carbocycles. The van der Waals surface area contributed by atoms with Crippen LogP contribution in [0.25, 0.3) is 5.65 Å². The highest BCUT2D eigenvalue weighted by Crippen LogP contribution is 2.34. The van der Waals surface area contributed by atoms with E-state index in [2.05, 4.69) is 10.3 Å². The monoisotopic (exact) mass is 471 g/mol. The Morgan fingerprint density at radius 1 is 1.15 bits per heavy atom. The van der Waals surface area contributed by atoms with E-state index in [1.54, 1.807) is 13.8 Å². The number of nitrogens with one attached hydrogen (secondary N) is 1. The Morgan fingerprint density at radius 2 is 1.91 bits per heavy atom. The Hall–Kier alpha value is -3.20. The number of carbonyl (C=O) groups is 3. The minimum Gasteiger partial charge on any atom is -0.462 e. The number of amides is 1. The maximum Gasteiger partial charge on any atom is 0.348 e. The van der Waals surface area contributed by atoms with Crippen molar-refractivity contribution in [3.8, 4) is 0 Å². The van der Waals surface area contributed by atoms with Gasteiger partial charge in [-0.3, -0.25) is 4.79 Å². The Bertz CT molecular complexity index is 1180. The van der Waals surface area contributed by atoms with Crippen LogP contribution in [0.15, 0.2) is 24.4 Å². The summed E-state index contributed by atoms with van der Waals surface area (Å²) in [6, 6.07) is 5.74. The van der Waals surface area contributed by atoms with E-state index >= 15 is 0 Å². The van der Waals surface area contributed by atoms with Crippen LogP contribution in [0, 0.1) is 19.8 Å². The zero-order valence-corrected chi connectivity index (χ0v) is 20.4. The van der Waals surface area contributed by atoms with Gasteiger partial charge in [-0.25, -0.2) is 14.6 Å². The molecule has 33 heavy (non-hydrogen) atoms. The molecule has 0 spiro atoms. The number of pyridine rings is 1. The third kappa shape index (κ3) is 5.60. The summed E-state index contributed by atoms with van der Waals surface area (Å²) in [7, 11) is 0. The molecule has 0 bridgehead atoms. The highest BCUT2D eigenvalue weighted by atomic mass is 32.1. The largest absolute Gasteiger partial charge is 0.462 e. The summed E-state index contributed by atoms with van der Waals surface area (Å²) in [6.45, 7) is 9.61. The summed E-state index contributed by atoms with van der Waals surface area (Å²) in [5.74, 6) is -1.18. The van der Waals surface area contributed by atoms with Crippen molar-refractivity contribution in [1.82, 2.24) is 9.38 Å². The standard InChI is InChI=1S/C24H29N3O5S/c1-6-31-23(29)20-15(4)21(24(30)32-13-14(2)3)33-22(20)26-19(28)11-10-17-16(5)25-18-9-7-8-12-27(17)18/h7-9,12,14H,6,10-11,13H2,1-5H3,(H,26,28). The average Bonchev–Trinajstić information content (AvgIpc) is 3.26. The number of aromatic nitrogens is 2. The zero-order valence-electron chi connectivity index (χ0n) is 19.6. The van der Waals surface area contributed by atoms with Crippen molar-refractivity contribution in [3.63, 3.8) is 0 Å². The lowest BCUT2D eigenvalue weighted by Gasteiger charge is -2.08. The van der Waals surface area contributed by atoms with Gasteiger partial charge in [0.25, 0.3) is 0 Å². The number of anilines is 1. The Kier molecular flexibility index (Phi) is 7.86. The molecule has 0 aliphatic heterocycles. The van der Waals surface area contributed by atoms with E-state index in [9.17, 15) is 14.4 Å². The number of aryl methyl sites for hydroxylation is 2. The number of imidazole rings is 1. The van der Waals surface area contributed by atoms with Gasteiger partial charge in [0, 0.05) is 18.3 Å². The van der Waals surface area contributed by atoms with E-state index < -0.39 is 11.9 Å². The lowest BCUT2D eigenvalue weighted by Crippen LogP contribution is -2.15. The molecule has 9 heteroatoms. The summed E-state index contributed by atoms with van der Waals surface area (Å²) in [6.07, 6.45) is 2.58. The molecule has 3 heterocycles. The molecular formula is C24H29N3O5S. The van der Waals surface area contributed by atoms with Crippen LogP contribution in [-0.2, 0) is 20.7 Å². The van der Waals surface area contributed by atoms with Crippen LogP contribution in [0.4, 0.5) is 5.00 Å². The van der Waals surface area contributed by atoms with E-state index in [1.807, 2.05) is 49.6 Å². The fourth-order valence-corrected chi connectivity index (χ4v) is 4.54. The zero-order chi connectivity index (χ0) is 24.1. The summed E-state index contributed by atoms with van der Waals surface area (Å²) < 4.78 is 12.5. The molecule has 0 saturated heterocycles. The van der Waals surface area contributed by atoms with Gasteiger partial charge in [-0.2, -0.15) is 0 Å². The van der Waals surface area contributed by atoms with Gasteiger partial charge in [0.2, 0.25) is 5.91 Å². The molecule has 1 amide bonds.